The molecule has 19 heavy (non-hydrogen) atoms. The van der Waals surface area contributed by atoms with Gasteiger partial charge in [0.15, 0.2) is 0 Å². The normalized spacial score (nSPS) is 10.7. The lowest BCUT2D eigenvalue weighted by Gasteiger charge is -2.03. The smallest absolute Gasteiger partial charge is 0.355 e. The van der Waals surface area contributed by atoms with E-state index in [0.717, 1.165) is 28.6 Å². The van der Waals surface area contributed by atoms with Crippen LogP contribution >= 0.6 is 0 Å². The fourth-order valence-corrected chi connectivity index (χ4v) is 2.23. The van der Waals surface area contributed by atoms with Crippen molar-refractivity contribution in [3.05, 3.63) is 29.5 Å². The molecule has 0 atom stereocenters. The second kappa shape index (κ2) is 5.78. The maximum absolute atomic E-state index is 11.9. The molecular formula is C15H19NO3. The van der Waals surface area contributed by atoms with Crippen molar-refractivity contribution in [2.45, 2.75) is 27.2 Å². The van der Waals surface area contributed by atoms with Crippen LogP contribution in [0, 0.1) is 0 Å². The van der Waals surface area contributed by atoms with Crippen molar-refractivity contribution in [2.75, 3.05) is 13.2 Å². The molecule has 2 rings (SSSR count). The minimum absolute atomic E-state index is 0.298. The van der Waals surface area contributed by atoms with Gasteiger partial charge in [0.05, 0.1) is 13.2 Å². The molecule has 0 aliphatic carbocycles. The summed E-state index contributed by atoms with van der Waals surface area (Å²) in [5.41, 5.74) is 2.46. The zero-order valence-corrected chi connectivity index (χ0v) is 11.6. The van der Waals surface area contributed by atoms with E-state index < -0.39 is 0 Å². The largest absolute Gasteiger partial charge is 0.494 e. The van der Waals surface area contributed by atoms with E-state index in [1.165, 1.54) is 0 Å². The van der Waals surface area contributed by atoms with Crippen LogP contribution in [-0.2, 0) is 11.2 Å². The molecule has 1 N–H and O–H groups in total. The molecule has 0 unspecified atom stereocenters. The quantitative estimate of drug-likeness (QED) is 0.840. The summed E-state index contributed by atoms with van der Waals surface area (Å²) in [6, 6.07) is 5.80. The van der Waals surface area contributed by atoms with Crippen molar-refractivity contribution in [3.63, 3.8) is 0 Å². The van der Waals surface area contributed by atoms with Gasteiger partial charge in [-0.25, -0.2) is 4.79 Å². The lowest BCUT2D eigenvalue weighted by molar-refractivity contribution is 0.0519. The average Bonchev–Trinajstić information content (AvgIpc) is 2.77. The molecule has 0 saturated heterocycles. The van der Waals surface area contributed by atoms with Crippen molar-refractivity contribution < 1.29 is 14.3 Å². The highest BCUT2D eigenvalue weighted by atomic mass is 16.5. The molecule has 4 heteroatoms. The molecule has 1 aromatic heterocycles. The van der Waals surface area contributed by atoms with Crippen LogP contribution in [0.2, 0.25) is 0 Å². The van der Waals surface area contributed by atoms with E-state index in [0.29, 0.717) is 18.9 Å². The number of hydrogen-bond donors (Lipinski definition) is 1. The number of nitrogens with one attached hydrogen (secondary N) is 1. The maximum Gasteiger partial charge on any atom is 0.355 e. The van der Waals surface area contributed by atoms with E-state index in [1.807, 2.05) is 32.0 Å². The number of benzene rings is 1. The summed E-state index contributed by atoms with van der Waals surface area (Å²) in [7, 11) is 0. The van der Waals surface area contributed by atoms with Gasteiger partial charge in [0.25, 0.3) is 0 Å². The molecule has 102 valence electrons. The number of carbonyl (C=O) groups excluding carboxylic acids is 1. The Bertz CT molecular complexity index is 586. The van der Waals surface area contributed by atoms with Crippen LogP contribution in [0.3, 0.4) is 0 Å². The first-order valence-electron chi connectivity index (χ1n) is 6.65. The SMILES string of the molecule is CCOC(=O)c1[nH]c2ccc(OCC)cc2c1CC. The third-order valence-electron chi connectivity index (χ3n) is 3.02. The van der Waals surface area contributed by atoms with Gasteiger partial charge in [0, 0.05) is 10.9 Å². The van der Waals surface area contributed by atoms with E-state index in [9.17, 15) is 4.79 Å². The zero-order valence-electron chi connectivity index (χ0n) is 11.6. The van der Waals surface area contributed by atoms with Gasteiger partial charge in [-0.2, -0.15) is 0 Å². The standard InChI is InChI=1S/C15H19NO3/c1-4-11-12-9-10(18-5-2)7-8-13(12)16-14(11)15(17)19-6-3/h7-9,16H,4-6H2,1-3H3. The number of aryl methyl sites for hydroxylation is 1. The Labute approximate surface area is 112 Å². The predicted molar refractivity (Wildman–Crippen MR) is 74.8 cm³/mol. The van der Waals surface area contributed by atoms with Crippen LogP contribution in [-0.4, -0.2) is 24.2 Å². The number of rotatable bonds is 5. The van der Waals surface area contributed by atoms with Crippen LogP contribution in [0.4, 0.5) is 0 Å². The Morgan fingerprint density at radius 1 is 1.21 bits per heavy atom. The summed E-state index contributed by atoms with van der Waals surface area (Å²) in [5, 5.41) is 1.02. The third kappa shape index (κ3) is 2.57. The van der Waals surface area contributed by atoms with Gasteiger partial charge in [-0.15, -0.1) is 0 Å². The molecule has 0 aliphatic rings. The van der Waals surface area contributed by atoms with E-state index in [1.54, 1.807) is 6.92 Å². The van der Waals surface area contributed by atoms with Crippen molar-refractivity contribution in [2.24, 2.45) is 0 Å². The summed E-state index contributed by atoms with van der Waals surface area (Å²) in [4.78, 5) is 15.1. The number of aromatic nitrogens is 1. The predicted octanol–water partition coefficient (Wildman–Crippen LogP) is 3.31. The van der Waals surface area contributed by atoms with Crippen molar-refractivity contribution in [1.29, 1.82) is 0 Å². The molecule has 4 nitrogen and oxygen atoms in total. The van der Waals surface area contributed by atoms with Crippen molar-refractivity contribution in [1.82, 2.24) is 4.98 Å². The summed E-state index contributed by atoms with van der Waals surface area (Å²) in [5.74, 6) is 0.521. The number of ether oxygens (including phenoxy) is 2. The molecule has 2 aromatic rings. The first-order chi connectivity index (χ1) is 9.21. The zero-order chi connectivity index (χ0) is 13.8. The number of esters is 1. The molecule has 0 aliphatic heterocycles. The van der Waals surface area contributed by atoms with Gasteiger partial charge < -0.3 is 14.5 Å². The van der Waals surface area contributed by atoms with Crippen LogP contribution in [0.25, 0.3) is 10.9 Å². The molecule has 0 saturated carbocycles. The Kier molecular flexibility index (Phi) is 4.10. The minimum atomic E-state index is -0.298. The Hall–Kier alpha value is -1.97. The lowest BCUT2D eigenvalue weighted by Crippen LogP contribution is -2.07. The molecule has 0 spiro atoms. The monoisotopic (exact) mass is 261 g/mol. The van der Waals surface area contributed by atoms with Crippen LogP contribution in [0.1, 0.15) is 36.8 Å². The number of hydrogen-bond acceptors (Lipinski definition) is 3. The average molecular weight is 261 g/mol. The minimum Gasteiger partial charge on any atom is -0.494 e. The van der Waals surface area contributed by atoms with Crippen molar-refractivity contribution >= 4 is 16.9 Å². The van der Waals surface area contributed by atoms with Gasteiger partial charge in [0.2, 0.25) is 0 Å². The summed E-state index contributed by atoms with van der Waals surface area (Å²) in [6.07, 6.45) is 0.768. The molecule has 1 heterocycles. The fraction of sp³-hybridized carbons (Fsp3) is 0.400. The summed E-state index contributed by atoms with van der Waals surface area (Å²) in [6.45, 7) is 6.79. The van der Waals surface area contributed by atoms with E-state index in [4.69, 9.17) is 9.47 Å². The molecule has 1 aromatic carbocycles. The molecule has 0 amide bonds. The van der Waals surface area contributed by atoms with Gasteiger partial charge in [-0.1, -0.05) is 6.92 Å². The Morgan fingerprint density at radius 3 is 2.63 bits per heavy atom. The Balaban J connectivity index is 2.51. The first-order valence-corrected chi connectivity index (χ1v) is 6.65. The summed E-state index contributed by atoms with van der Waals surface area (Å²) < 4.78 is 10.6. The summed E-state index contributed by atoms with van der Waals surface area (Å²) >= 11 is 0. The second-order valence-electron chi connectivity index (χ2n) is 4.19. The first kappa shape index (κ1) is 13.5. The van der Waals surface area contributed by atoms with Gasteiger partial charge in [-0.3, -0.25) is 0 Å². The fourth-order valence-electron chi connectivity index (χ4n) is 2.23. The van der Waals surface area contributed by atoms with Gasteiger partial charge in [0.1, 0.15) is 11.4 Å². The number of aromatic amines is 1. The van der Waals surface area contributed by atoms with E-state index in [-0.39, 0.29) is 5.97 Å². The highest BCUT2D eigenvalue weighted by Gasteiger charge is 2.17. The van der Waals surface area contributed by atoms with Gasteiger partial charge >= 0.3 is 5.97 Å². The highest BCUT2D eigenvalue weighted by Crippen LogP contribution is 2.27. The third-order valence-corrected chi connectivity index (χ3v) is 3.02. The number of H-pyrrole nitrogens is 1. The molecule has 0 bridgehead atoms. The number of fused-ring (bicyclic) bond motifs is 1. The van der Waals surface area contributed by atoms with Crippen LogP contribution in [0.15, 0.2) is 18.2 Å². The van der Waals surface area contributed by atoms with E-state index in [2.05, 4.69) is 4.98 Å². The topological polar surface area (TPSA) is 51.3 Å². The highest BCUT2D eigenvalue weighted by molar-refractivity contribution is 5.98. The van der Waals surface area contributed by atoms with Gasteiger partial charge in [-0.05, 0) is 44.0 Å². The second-order valence-corrected chi connectivity index (χ2v) is 4.19. The lowest BCUT2D eigenvalue weighted by atomic mass is 10.1. The Morgan fingerprint density at radius 2 is 2.00 bits per heavy atom. The van der Waals surface area contributed by atoms with E-state index >= 15 is 0 Å². The molecule has 0 radical (unpaired) electrons. The maximum atomic E-state index is 11.9. The number of carbonyl (C=O) groups is 1. The molecular weight excluding hydrogens is 242 g/mol. The van der Waals surface area contributed by atoms with Crippen LogP contribution < -0.4 is 4.74 Å². The molecule has 0 fully saturated rings. The van der Waals surface area contributed by atoms with Crippen LogP contribution in [0.5, 0.6) is 5.75 Å². The van der Waals surface area contributed by atoms with Crippen molar-refractivity contribution in [3.8, 4) is 5.75 Å².